The minimum Gasteiger partial charge on any atom is -0.464 e. The smallest absolute Gasteiger partial charge is 0.224 e. The lowest BCUT2D eigenvalue weighted by molar-refractivity contribution is -0.132. The van der Waals surface area contributed by atoms with Crippen molar-refractivity contribution in [1.29, 1.82) is 0 Å². The van der Waals surface area contributed by atoms with Gasteiger partial charge in [-0.15, -0.1) is 0 Å². The van der Waals surface area contributed by atoms with Crippen molar-refractivity contribution in [1.82, 2.24) is 5.32 Å². The number of hydrogen-bond acceptors (Lipinski definition) is 4. The molecule has 1 fully saturated rings. The van der Waals surface area contributed by atoms with Gasteiger partial charge in [-0.25, -0.2) is 4.39 Å². The Morgan fingerprint density at radius 3 is 2.68 bits per heavy atom. The van der Waals surface area contributed by atoms with Gasteiger partial charge in [0, 0.05) is 47.9 Å². The highest BCUT2D eigenvalue weighted by Gasteiger charge is 2.37. The average Bonchev–Trinajstić information content (AvgIpc) is 3.59. The van der Waals surface area contributed by atoms with Gasteiger partial charge in [-0.05, 0) is 59.9 Å². The largest absolute Gasteiger partial charge is 0.464 e. The lowest BCUT2D eigenvalue weighted by Gasteiger charge is -2.19. The molecule has 1 amide bonds. The summed E-state index contributed by atoms with van der Waals surface area (Å²) in [4.78, 5) is 26.4. The first-order valence-corrected chi connectivity index (χ1v) is 12.8. The molecule has 1 heterocycles. The summed E-state index contributed by atoms with van der Waals surface area (Å²) in [6.45, 7) is 0.466. The normalized spacial score (nSPS) is 17.3. The van der Waals surface area contributed by atoms with Gasteiger partial charge >= 0.3 is 0 Å². The van der Waals surface area contributed by atoms with Crippen LogP contribution in [0.5, 0.6) is 0 Å². The first-order chi connectivity index (χ1) is 17.9. The highest BCUT2D eigenvalue weighted by molar-refractivity contribution is 6.30. The number of carbonyl (C=O) groups excluding carboxylic acids is 2. The molecule has 7 heteroatoms. The van der Waals surface area contributed by atoms with E-state index in [1.807, 2.05) is 42.5 Å². The fourth-order valence-electron chi connectivity index (χ4n) is 5.32. The Morgan fingerprint density at radius 1 is 1.03 bits per heavy atom. The maximum absolute atomic E-state index is 14.2. The first kappa shape index (κ1) is 25.2. The van der Waals surface area contributed by atoms with Gasteiger partial charge in [0.2, 0.25) is 5.91 Å². The second-order valence-corrected chi connectivity index (χ2v) is 10.0. The second kappa shape index (κ2) is 10.9. The van der Waals surface area contributed by atoms with Gasteiger partial charge in [-0.1, -0.05) is 48.4 Å². The summed E-state index contributed by atoms with van der Waals surface area (Å²) < 4.78 is 20.0. The Kier molecular flexibility index (Phi) is 7.40. The van der Waals surface area contributed by atoms with Gasteiger partial charge in [0.05, 0.1) is 11.3 Å². The molecule has 0 bridgehead atoms. The molecule has 5 rings (SSSR count). The van der Waals surface area contributed by atoms with E-state index in [0.717, 1.165) is 39.6 Å². The molecule has 3 aromatic carbocycles. The van der Waals surface area contributed by atoms with Crippen LogP contribution in [0.25, 0.3) is 22.1 Å². The van der Waals surface area contributed by atoms with E-state index >= 15 is 0 Å². The van der Waals surface area contributed by atoms with Crippen molar-refractivity contribution in [3.05, 3.63) is 94.5 Å². The van der Waals surface area contributed by atoms with E-state index in [-0.39, 0.29) is 35.6 Å². The maximum Gasteiger partial charge on any atom is 0.224 e. The molecule has 5 nitrogen and oxygen atoms in total. The van der Waals surface area contributed by atoms with Gasteiger partial charge in [0.25, 0.3) is 0 Å². The van der Waals surface area contributed by atoms with E-state index < -0.39 is 11.7 Å². The SMILES string of the molecule is NCc1cccc(-c2cc(CC(=O)[C@@H]3CCC[C@H]3C(=O)NCc3cccc(Cl)c3F)cc3ccoc23)c1. The maximum atomic E-state index is 14.2. The van der Waals surface area contributed by atoms with E-state index in [1.165, 1.54) is 6.07 Å². The minimum atomic E-state index is -0.536. The predicted octanol–water partition coefficient (Wildman–Crippen LogP) is 6.20. The number of Topliss-reactive ketones (excluding diaryl/α,β-unsaturated/α-hetero) is 1. The number of furan rings is 1. The summed E-state index contributed by atoms with van der Waals surface area (Å²) in [7, 11) is 0. The molecule has 1 aliphatic rings. The average molecular weight is 519 g/mol. The molecule has 2 atom stereocenters. The van der Waals surface area contributed by atoms with Crippen molar-refractivity contribution >= 4 is 34.3 Å². The van der Waals surface area contributed by atoms with Gasteiger partial charge in [0.15, 0.2) is 0 Å². The van der Waals surface area contributed by atoms with Crippen molar-refractivity contribution in [3.63, 3.8) is 0 Å². The molecule has 190 valence electrons. The number of benzene rings is 3. The van der Waals surface area contributed by atoms with Crippen molar-refractivity contribution in [3.8, 4) is 11.1 Å². The van der Waals surface area contributed by atoms with Gasteiger partial charge in [-0.3, -0.25) is 9.59 Å². The van der Waals surface area contributed by atoms with Crippen molar-refractivity contribution < 1.29 is 18.4 Å². The van der Waals surface area contributed by atoms with Gasteiger partial charge in [-0.2, -0.15) is 0 Å². The van der Waals surface area contributed by atoms with Crippen LogP contribution < -0.4 is 11.1 Å². The third-order valence-electron chi connectivity index (χ3n) is 7.21. The number of halogens is 2. The molecule has 0 spiro atoms. The molecule has 0 aliphatic heterocycles. The quantitative estimate of drug-likeness (QED) is 0.291. The fraction of sp³-hybridized carbons (Fsp3) is 0.267. The molecule has 0 saturated heterocycles. The zero-order valence-electron chi connectivity index (χ0n) is 20.3. The standard InChI is InChI=1S/C30H28ClFN2O3/c31-26-9-2-6-22(28(26)32)17-34-30(36)24-8-3-7-23(24)27(35)15-19-13-21-10-11-37-29(21)25(14-19)20-5-1-4-18(12-20)16-33/h1-2,4-6,9-14,23-24H,3,7-8,15-17,33H2,(H,34,36)/t23-,24-/m1/s1. The number of nitrogens with one attached hydrogen (secondary N) is 1. The van der Waals surface area contributed by atoms with Crippen molar-refractivity contribution in [2.24, 2.45) is 17.6 Å². The van der Waals surface area contributed by atoms with Crippen LogP contribution in [0, 0.1) is 17.7 Å². The van der Waals surface area contributed by atoms with Gasteiger partial charge < -0.3 is 15.5 Å². The van der Waals surface area contributed by atoms with Crippen molar-refractivity contribution in [2.45, 2.75) is 38.8 Å². The molecular weight excluding hydrogens is 491 g/mol. The van der Waals surface area contributed by atoms with Gasteiger partial charge in [0.1, 0.15) is 17.2 Å². The third kappa shape index (κ3) is 5.31. The minimum absolute atomic E-state index is 0.0179. The van der Waals surface area contributed by atoms with Crippen LogP contribution in [-0.4, -0.2) is 11.7 Å². The van der Waals surface area contributed by atoms with E-state index in [1.54, 1.807) is 18.4 Å². The molecule has 1 aromatic heterocycles. The Balaban J connectivity index is 1.33. The number of rotatable bonds is 8. The fourth-order valence-corrected chi connectivity index (χ4v) is 5.51. The summed E-state index contributed by atoms with van der Waals surface area (Å²) in [5, 5.41) is 3.74. The monoisotopic (exact) mass is 518 g/mol. The molecule has 37 heavy (non-hydrogen) atoms. The van der Waals surface area contributed by atoms with E-state index in [2.05, 4.69) is 5.32 Å². The molecule has 4 aromatic rings. The van der Waals surface area contributed by atoms with Crippen LogP contribution in [0.3, 0.4) is 0 Å². The number of fused-ring (bicyclic) bond motifs is 1. The summed E-state index contributed by atoms with van der Waals surface area (Å²) >= 11 is 5.85. The lowest BCUT2D eigenvalue weighted by atomic mass is 9.87. The summed E-state index contributed by atoms with van der Waals surface area (Å²) in [5.41, 5.74) is 10.7. The lowest BCUT2D eigenvalue weighted by Crippen LogP contribution is -2.35. The van der Waals surface area contributed by atoms with Crippen LogP contribution in [0.2, 0.25) is 5.02 Å². The first-order valence-electron chi connectivity index (χ1n) is 12.5. The highest BCUT2D eigenvalue weighted by atomic mass is 35.5. The topological polar surface area (TPSA) is 85.3 Å². The van der Waals surface area contributed by atoms with Crippen LogP contribution in [0.4, 0.5) is 4.39 Å². The van der Waals surface area contributed by atoms with Crippen LogP contribution in [-0.2, 0) is 29.1 Å². The molecular formula is C30H28ClFN2O3. The number of hydrogen-bond donors (Lipinski definition) is 2. The van der Waals surface area contributed by atoms with E-state index in [9.17, 15) is 14.0 Å². The third-order valence-corrected chi connectivity index (χ3v) is 7.51. The van der Waals surface area contributed by atoms with Crippen molar-refractivity contribution in [2.75, 3.05) is 0 Å². The Hall–Kier alpha value is -3.48. The van der Waals surface area contributed by atoms with Crippen LogP contribution >= 0.6 is 11.6 Å². The Morgan fingerprint density at radius 2 is 1.84 bits per heavy atom. The number of nitrogens with two attached hydrogens (primary N) is 1. The van der Waals surface area contributed by atoms with E-state index in [0.29, 0.717) is 24.9 Å². The summed E-state index contributed by atoms with van der Waals surface area (Å²) in [6.07, 6.45) is 3.98. The molecule has 1 saturated carbocycles. The number of ketones is 1. The van der Waals surface area contributed by atoms with Crippen LogP contribution in [0.1, 0.15) is 36.0 Å². The summed E-state index contributed by atoms with van der Waals surface area (Å²) in [5.74, 6) is -1.51. The highest BCUT2D eigenvalue weighted by Crippen LogP contribution is 2.36. The Labute approximate surface area is 219 Å². The summed E-state index contributed by atoms with van der Waals surface area (Å²) in [6, 6.07) is 18.5. The Bertz CT molecular complexity index is 1460. The number of amides is 1. The zero-order chi connectivity index (χ0) is 25.9. The second-order valence-electron chi connectivity index (χ2n) is 9.60. The molecule has 1 aliphatic carbocycles. The molecule has 0 radical (unpaired) electrons. The zero-order valence-corrected chi connectivity index (χ0v) is 21.1. The van der Waals surface area contributed by atoms with Crippen LogP contribution in [0.15, 0.2) is 71.3 Å². The van der Waals surface area contributed by atoms with E-state index in [4.69, 9.17) is 21.8 Å². The predicted molar refractivity (Wildman–Crippen MR) is 142 cm³/mol. The molecule has 3 N–H and O–H groups in total. The molecule has 0 unspecified atom stereocenters. The number of carbonyl (C=O) groups is 2.